The molecule has 6 aromatic rings. The predicted octanol–water partition coefficient (Wildman–Crippen LogP) is 18.0. The second-order valence-corrected chi connectivity index (χ2v) is 18.1. The molecule has 0 aliphatic heterocycles. The lowest BCUT2D eigenvalue weighted by atomic mass is 9.98. The summed E-state index contributed by atoms with van der Waals surface area (Å²) in [6.45, 7) is 15.9. The standard InChI is InChI=1S/C61H78N2O4/c1-7-11-15-19-39-64-54-35-37-56(60(45-54)66-41-21-17-13-9-3)58-43-50(49-27-33-53(34-28-49)63(51-29-23-47(5)24-30-51)52-31-25-48(6)26-32-52)44-59(62-58)57-38-36-55(65-40-20-16-12-8-2)46-61(57)67-42-22-18-14-10-4/h23-38,43-46H,7-22,39-42H2,1-6H3. The number of hydrogen-bond donors (Lipinski definition) is 0. The smallest absolute Gasteiger partial charge is 0.132 e. The van der Waals surface area contributed by atoms with Crippen molar-refractivity contribution in [3.63, 3.8) is 0 Å². The van der Waals surface area contributed by atoms with Gasteiger partial charge in [0.1, 0.15) is 23.0 Å². The first-order chi connectivity index (χ1) is 32.9. The summed E-state index contributed by atoms with van der Waals surface area (Å²) in [6.07, 6.45) is 18.3. The van der Waals surface area contributed by atoms with Gasteiger partial charge in [-0.05, 0) is 123 Å². The third kappa shape index (κ3) is 15.7. The van der Waals surface area contributed by atoms with Crippen LogP contribution in [0.15, 0.2) is 121 Å². The predicted molar refractivity (Wildman–Crippen MR) is 283 cm³/mol. The minimum Gasteiger partial charge on any atom is -0.493 e. The molecular formula is C61H78N2O4. The fraction of sp³-hybridized carbons (Fsp3) is 0.426. The highest BCUT2D eigenvalue weighted by Gasteiger charge is 2.19. The van der Waals surface area contributed by atoms with Crippen LogP contribution in [0.2, 0.25) is 0 Å². The minimum absolute atomic E-state index is 0.634. The number of nitrogens with zero attached hydrogens (tertiary/aromatic N) is 2. The molecule has 0 amide bonds. The van der Waals surface area contributed by atoms with E-state index in [-0.39, 0.29) is 0 Å². The third-order valence-electron chi connectivity index (χ3n) is 12.4. The molecule has 0 fully saturated rings. The lowest BCUT2D eigenvalue weighted by molar-refractivity contribution is 0.291. The Labute approximate surface area is 404 Å². The molecule has 356 valence electrons. The number of hydrogen-bond acceptors (Lipinski definition) is 6. The molecule has 0 aliphatic rings. The normalized spacial score (nSPS) is 11.1. The summed E-state index contributed by atoms with van der Waals surface area (Å²) in [7, 11) is 0. The maximum Gasteiger partial charge on any atom is 0.132 e. The van der Waals surface area contributed by atoms with Gasteiger partial charge in [0, 0.05) is 40.3 Å². The van der Waals surface area contributed by atoms with Gasteiger partial charge in [-0.2, -0.15) is 0 Å². The van der Waals surface area contributed by atoms with E-state index in [0.29, 0.717) is 26.4 Å². The maximum absolute atomic E-state index is 6.68. The summed E-state index contributed by atoms with van der Waals surface area (Å²) in [5.41, 5.74) is 11.5. The largest absolute Gasteiger partial charge is 0.493 e. The van der Waals surface area contributed by atoms with Crippen LogP contribution in [0, 0.1) is 13.8 Å². The zero-order valence-electron chi connectivity index (χ0n) is 41.7. The molecule has 0 unspecified atom stereocenters. The molecule has 0 aliphatic carbocycles. The fourth-order valence-electron chi connectivity index (χ4n) is 8.32. The van der Waals surface area contributed by atoms with Gasteiger partial charge in [-0.1, -0.05) is 152 Å². The molecule has 1 heterocycles. The van der Waals surface area contributed by atoms with Crippen LogP contribution in [0.5, 0.6) is 23.0 Å². The Balaban J connectivity index is 1.44. The van der Waals surface area contributed by atoms with Crippen molar-refractivity contribution in [1.82, 2.24) is 4.98 Å². The zero-order chi connectivity index (χ0) is 47.1. The van der Waals surface area contributed by atoms with Crippen molar-refractivity contribution < 1.29 is 18.9 Å². The number of aryl methyl sites for hydroxylation is 2. The Morgan fingerprint density at radius 3 is 1.09 bits per heavy atom. The molecule has 1 aromatic heterocycles. The molecule has 0 saturated carbocycles. The van der Waals surface area contributed by atoms with Gasteiger partial charge in [-0.25, -0.2) is 4.98 Å². The van der Waals surface area contributed by atoms with Gasteiger partial charge < -0.3 is 23.8 Å². The van der Waals surface area contributed by atoms with Gasteiger partial charge in [0.2, 0.25) is 0 Å². The van der Waals surface area contributed by atoms with Crippen LogP contribution in [0.1, 0.15) is 142 Å². The average Bonchev–Trinajstić information content (AvgIpc) is 3.35. The fourth-order valence-corrected chi connectivity index (χ4v) is 8.32. The summed E-state index contributed by atoms with van der Waals surface area (Å²) < 4.78 is 26.0. The molecule has 6 rings (SSSR count). The Morgan fingerprint density at radius 1 is 0.358 bits per heavy atom. The Hall–Kier alpha value is -5.75. The van der Waals surface area contributed by atoms with Crippen LogP contribution < -0.4 is 23.8 Å². The number of aromatic nitrogens is 1. The van der Waals surface area contributed by atoms with E-state index in [2.05, 4.69) is 168 Å². The van der Waals surface area contributed by atoms with Crippen molar-refractivity contribution in [3.8, 4) is 56.6 Å². The number of rotatable bonds is 30. The number of benzene rings is 5. The third-order valence-corrected chi connectivity index (χ3v) is 12.4. The molecular weight excluding hydrogens is 825 g/mol. The molecule has 6 heteroatoms. The number of ether oxygens (including phenoxy) is 4. The van der Waals surface area contributed by atoms with Crippen LogP contribution in [0.3, 0.4) is 0 Å². The maximum atomic E-state index is 6.68. The SMILES string of the molecule is CCCCCCOc1ccc(-c2cc(-c3ccc(N(c4ccc(C)cc4)c4ccc(C)cc4)cc3)cc(-c3ccc(OCCCCCC)cc3OCCCCCC)n2)c(OCCCCCC)c1. The summed E-state index contributed by atoms with van der Waals surface area (Å²) in [6, 6.07) is 43.4. The van der Waals surface area contributed by atoms with Gasteiger partial charge in [0.05, 0.1) is 37.8 Å². The van der Waals surface area contributed by atoms with E-state index in [1.165, 1.54) is 75.3 Å². The highest BCUT2D eigenvalue weighted by molar-refractivity contribution is 5.83. The molecule has 0 N–H and O–H groups in total. The monoisotopic (exact) mass is 903 g/mol. The van der Waals surface area contributed by atoms with Gasteiger partial charge in [0.25, 0.3) is 0 Å². The van der Waals surface area contributed by atoms with Gasteiger partial charge in [-0.3, -0.25) is 0 Å². The van der Waals surface area contributed by atoms with Gasteiger partial charge in [-0.15, -0.1) is 0 Å². The molecule has 6 nitrogen and oxygen atoms in total. The van der Waals surface area contributed by atoms with Crippen LogP contribution >= 0.6 is 0 Å². The second kappa shape index (κ2) is 27.8. The molecule has 5 aromatic carbocycles. The van der Waals surface area contributed by atoms with Crippen LogP contribution in [-0.2, 0) is 0 Å². The van der Waals surface area contributed by atoms with Crippen molar-refractivity contribution in [2.24, 2.45) is 0 Å². The van der Waals surface area contributed by atoms with E-state index >= 15 is 0 Å². The van der Waals surface area contributed by atoms with Crippen LogP contribution in [0.4, 0.5) is 17.1 Å². The lowest BCUT2D eigenvalue weighted by Crippen LogP contribution is -2.09. The molecule has 0 atom stereocenters. The van der Waals surface area contributed by atoms with Crippen LogP contribution in [-0.4, -0.2) is 31.4 Å². The topological polar surface area (TPSA) is 53.1 Å². The van der Waals surface area contributed by atoms with Crippen LogP contribution in [0.25, 0.3) is 33.6 Å². The highest BCUT2D eigenvalue weighted by atomic mass is 16.5. The summed E-state index contributed by atoms with van der Waals surface area (Å²) >= 11 is 0. The second-order valence-electron chi connectivity index (χ2n) is 18.1. The lowest BCUT2D eigenvalue weighted by Gasteiger charge is -2.26. The highest BCUT2D eigenvalue weighted by Crippen LogP contribution is 2.41. The van der Waals surface area contributed by atoms with E-state index in [9.17, 15) is 0 Å². The molecule has 0 saturated heterocycles. The van der Waals surface area contributed by atoms with E-state index in [1.807, 2.05) is 0 Å². The first-order valence-electron chi connectivity index (χ1n) is 25.8. The first-order valence-corrected chi connectivity index (χ1v) is 25.8. The molecule has 67 heavy (non-hydrogen) atoms. The number of unbranched alkanes of at least 4 members (excludes halogenated alkanes) is 12. The Kier molecular flexibility index (Phi) is 21.0. The van der Waals surface area contributed by atoms with Crippen molar-refractivity contribution in [1.29, 1.82) is 0 Å². The zero-order valence-corrected chi connectivity index (χ0v) is 41.7. The van der Waals surface area contributed by atoms with Gasteiger partial charge in [0.15, 0.2) is 0 Å². The van der Waals surface area contributed by atoms with Gasteiger partial charge >= 0.3 is 0 Å². The van der Waals surface area contributed by atoms with E-state index in [0.717, 1.165) is 112 Å². The summed E-state index contributed by atoms with van der Waals surface area (Å²) in [5.74, 6) is 3.23. The van der Waals surface area contributed by atoms with Crippen molar-refractivity contribution >= 4 is 17.1 Å². The van der Waals surface area contributed by atoms with Crippen molar-refractivity contribution in [2.75, 3.05) is 31.3 Å². The Morgan fingerprint density at radius 2 is 0.716 bits per heavy atom. The van der Waals surface area contributed by atoms with E-state index in [1.54, 1.807) is 0 Å². The Bertz CT molecular complexity index is 2200. The number of anilines is 3. The van der Waals surface area contributed by atoms with Crippen molar-refractivity contribution in [2.45, 2.75) is 144 Å². The van der Waals surface area contributed by atoms with E-state index in [4.69, 9.17) is 23.9 Å². The molecule has 0 spiro atoms. The minimum atomic E-state index is 0.634. The average molecular weight is 903 g/mol. The quantitative estimate of drug-likeness (QED) is 0.0420. The first kappa shape index (κ1) is 50.7. The molecule has 0 radical (unpaired) electrons. The number of pyridine rings is 1. The summed E-state index contributed by atoms with van der Waals surface area (Å²) in [5, 5.41) is 0. The van der Waals surface area contributed by atoms with E-state index < -0.39 is 0 Å². The van der Waals surface area contributed by atoms with Crippen molar-refractivity contribution in [3.05, 3.63) is 132 Å². The molecule has 0 bridgehead atoms. The summed E-state index contributed by atoms with van der Waals surface area (Å²) in [4.78, 5) is 7.80.